The summed E-state index contributed by atoms with van der Waals surface area (Å²) in [6.07, 6.45) is -4.47. The van der Waals surface area contributed by atoms with Crippen molar-refractivity contribution >= 4 is 15.8 Å². The zero-order valence-electron chi connectivity index (χ0n) is 16.9. The predicted octanol–water partition coefficient (Wildman–Crippen LogP) is 3.34. The molecule has 0 amide bonds. The van der Waals surface area contributed by atoms with Gasteiger partial charge in [-0.3, -0.25) is 0 Å². The van der Waals surface area contributed by atoms with Crippen LogP contribution in [0.2, 0.25) is 0 Å². The second-order valence-corrected chi connectivity index (χ2v) is 8.92. The Hall–Kier alpha value is -3.41. The number of carboxylic acid groups (broad SMARTS) is 1. The van der Waals surface area contributed by atoms with Gasteiger partial charge in [-0.15, -0.1) is 0 Å². The van der Waals surface area contributed by atoms with Crippen LogP contribution >= 0.6 is 0 Å². The number of hydrogen-bond acceptors (Lipinski definition) is 6. The molecule has 170 valence electrons. The summed E-state index contributed by atoms with van der Waals surface area (Å²) in [4.78, 5) is 11.7. The molecule has 8 nitrogen and oxygen atoms in total. The molecule has 1 aromatic heterocycles. The van der Waals surface area contributed by atoms with Gasteiger partial charge in [0.2, 0.25) is 0 Å². The molecule has 0 bridgehead atoms. The normalized spacial score (nSPS) is 12.0. The van der Waals surface area contributed by atoms with Crippen molar-refractivity contribution in [1.29, 1.82) is 0 Å². The summed E-state index contributed by atoms with van der Waals surface area (Å²) >= 11 is 0. The third kappa shape index (κ3) is 5.25. The molecule has 32 heavy (non-hydrogen) atoms. The summed E-state index contributed by atoms with van der Waals surface area (Å²) in [7, 11) is -3.84. The Kier molecular flexibility index (Phi) is 6.26. The first kappa shape index (κ1) is 23.3. The lowest BCUT2D eigenvalue weighted by Gasteiger charge is -2.09. The second-order valence-electron chi connectivity index (χ2n) is 6.93. The monoisotopic (exact) mass is 469 g/mol. The lowest BCUT2D eigenvalue weighted by Crippen LogP contribution is -2.11. The summed E-state index contributed by atoms with van der Waals surface area (Å²) in [5.74, 6) is -1.39. The summed E-state index contributed by atoms with van der Waals surface area (Å²) in [6, 6.07) is 8.20. The molecule has 0 aliphatic heterocycles. The number of aliphatic carboxylic acids is 1. The Labute approximate surface area is 181 Å². The van der Waals surface area contributed by atoms with E-state index in [0.717, 1.165) is 16.9 Å². The number of rotatable bonds is 7. The minimum Gasteiger partial charge on any atom is -0.482 e. The number of sulfone groups is 1. The van der Waals surface area contributed by atoms with E-state index in [2.05, 4.69) is 10.2 Å². The van der Waals surface area contributed by atoms with E-state index in [0.29, 0.717) is 11.3 Å². The van der Waals surface area contributed by atoms with Gasteiger partial charge in [0, 0.05) is 0 Å². The summed E-state index contributed by atoms with van der Waals surface area (Å²) in [5, 5.41) is 16.9. The summed E-state index contributed by atoms with van der Waals surface area (Å²) < 4.78 is 69.0. The first-order valence-electron chi connectivity index (χ1n) is 9.15. The number of halogens is 3. The van der Waals surface area contributed by atoms with Crippen LogP contribution < -0.4 is 4.74 Å². The molecular weight excluding hydrogens is 451 g/mol. The van der Waals surface area contributed by atoms with Crippen molar-refractivity contribution in [2.24, 2.45) is 0 Å². The van der Waals surface area contributed by atoms with Gasteiger partial charge in [0.1, 0.15) is 17.2 Å². The minimum absolute atomic E-state index is 0.0128. The highest BCUT2D eigenvalue weighted by atomic mass is 32.2. The Bertz CT molecular complexity index is 1250. The van der Waals surface area contributed by atoms with Gasteiger partial charge in [0.05, 0.1) is 21.8 Å². The molecule has 0 aliphatic rings. The zero-order chi connectivity index (χ0) is 23.7. The van der Waals surface area contributed by atoms with E-state index in [-0.39, 0.29) is 22.0 Å². The predicted molar refractivity (Wildman–Crippen MR) is 106 cm³/mol. The first-order valence-corrected chi connectivity index (χ1v) is 10.8. The number of aryl methyl sites for hydroxylation is 2. The molecule has 0 spiro atoms. The first-order chi connectivity index (χ1) is 14.9. The van der Waals surface area contributed by atoms with E-state index in [4.69, 9.17) is 9.84 Å². The molecule has 0 atom stereocenters. The van der Waals surface area contributed by atoms with Crippen LogP contribution in [0, 0.1) is 13.8 Å². The van der Waals surface area contributed by atoms with Gasteiger partial charge in [0.25, 0.3) is 0 Å². The number of benzene rings is 2. The molecule has 0 aliphatic carbocycles. The third-order valence-corrected chi connectivity index (χ3v) is 6.11. The van der Waals surface area contributed by atoms with Crippen LogP contribution in [-0.2, 0) is 26.6 Å². The zero-order valence-corrected chi connectivity index (χ0v) is 17.7. The largest absolute Gasteiger partial charge is 0.482 e. The number of carboxylic acids is 1. The van der Waals surface area contributed by atoms with Crippen LogP contribution in [0.5, 0.6) is 5.75 Å². The van der Waals surface area contributed by atoms with Crippen molar-refractivity contribution in [2.75, 3.05) is 6.61 Å². The van der Waals surface area contributed by atoms with E-state index in [1.165, 1.54) is 30.3 Å². The fourth-order valence-electron chi connectivity index (χ4n) is 2.82. The second kappa shape index (κ2) is 8.61. The average molecular weight is 469 g/mol. The molecular formula is C20H18F3N3O5S. The molecule has 3 rings (SSSR count). The molecule has 12 heteroatoms. The SMILES string of the molecule is Cc1cc(S(=O)(=O)Cc2nn(-c3ccc(C(F)(F)F)cc3)nc2C)ccc1OCC(=O)O. The quantitative estimate of drug-likeness (QED) is 0.565. The van der Waals surface area contributed by atoms with Crippen LogP contribution in [0.1, 0.15) is 22.5 Å². The highest BCUT2D eigenvalue weighted by molar-refractivity contribution is 7.90. The van der Waals surface area contributed by atoms with E-state index in [1.54, 1.807) is 13.8 Å². The lowest BCUT2D eigenvalue weighted by atomic mass is 10.2. The van der Waals surface area contributed by atoms with Crippen LogP contribution in [0.4, 0.5) is 13.2 Å². The van der Waals surface area contributed by atoms with Gasteiger partial charge in [-0.1, -0.05) is 0 Å². The molecule has 0 saturated carbocycles. The standard InChI is InChI=1S/C20H18F3N3O5S/c1-12-9-16(7-8-18(12)31-10-19(27)28)32(29,30)11-17-13(2)24-26(25-17)15-5-3-14(4-6-15)20(21,22)23/h3-9H,10-11H2,1-2H3,(H,27,28). The number of ether oxygens (including phenoxy) is 1. The highest BCUT2D eigenvalue weighted by Gasteiger charge is 2.30. The van der Waals surface area contributed by atoms with Gasteiger partial charge < -0.3 is 9.84 Å². The van der Waals surface area contributed by atoms with Crippen molar-refractivity contribution in [2.45, 2.75) is 30.7 Å². The van der Waals surface area contributed by atoms with Gasteiger partial charge in [0.15, 0.2) is 16.4 Å². The van der Waals surface area contributed by atoms with Gasteiger partial charge in [-0.25, -0.2) is 13.2 Å². The maximum Gasteiger partial charge on any atom is 0.416 e. The van der Waals surface area contributed by atoms with Gasteiger partial charge >= 0.3 is 12.1 Å². The van der Waals surface area contributed by atoms with Gasteiger partial charge in [-0.05, 0) is 61.9 Å². The van der Waals surface area contributed by atoms with Crippen LogP contribution in [0.3, 0.4) is 0 Å². The Morgan fingerprint density at radius 2 is 1.75 bits per heavy atom. The molecule has 0 fully saturated rings. The maximum absolute atomic E-state index is 12.8. The molecule has 2 aromatic carbocycles. The van der Waals surface area contributed by atoms with Crippen LogP contribution in [-0.4, -0.2) is 41.1 Å². The number of aromatic nitrogens is 3. The number of nitrogens with zero attached hydrogens (tertiary/aromatic N) is 3. The van der Waals surface area contributed by atoms with Crippen LogP contribution in [0.25, 0.3) is 5.69 Å². The van der Waals surface area contributed by atoms with Crippen molar-refractivity contribution in [3.8, 4) is 11.4 Å². The van der Waals surface area contributed by atoms with E-state index in [9.17, 15) is 26.4 Å². The maximum atomic E-state index is 12.8. The third-order valence-electron chi connectivity index (χ3n) is 4.49. The Balaban J connectivity index is 1.82. The molecule has 0 unspecified atom stereocenters. The highest BCUT2D eigenvalue weighted by Crippen LogP contribution is 2.29. The Morgan fingerprint density at radius 3 is 2.31 bits per heavy atom. The molecule has 1 N–H and O–H groups in total. The van der Waals surface area contributed by atoms with E-state index < -0.39 is 39.9 Å². The molecule has 1 heterocycles. The smallest absolute Gasteiger partial charge is 0.416 e. The lowest BCUT2D eigenvalue weighted by molar-refractivity contribution is -0.139. The van der Waals surface area contributed by atoms with E-state index >= 15 is 0 Å². The van der Waals surface area contributed by atoms with Crippen molar-refractivity contribution in [3.63, 3.8) is 0 Å². The Morgan fingerprint density at radius 1 is 1.09 bits per heavy atom. The molecule has 3 aromatic rings. The summed E-state index contributed by atoms with van der Waals surface area (Å²) in [6.45, 7) is 2.58. The topological polar surface area (TPSA) is 111 Å². The van der Waals surface area contributed by atoms with Crippen molar-refractivity contribution in [1.82, 2.24) is 15.0 Å². The van der Waals surface area contributed by atoms with Crippen LogP contribution in [0.15, 0.2) is 47.4 Å². The molecule has 0 saturated heterocycles. The summed E-state index contributed by atoms with van der Waals surface area (Å²) in [5.41, 5.74) is 0.331. The molecule has 0 radical (unpaired) electrons. The minimum atomic E-state index is -4.47. The number of hydrogen-bond donors (Lipinski definition) is 1. The van der Waals surface area contributed by atoms with Crippen molar-refractivity contribution < 1.29 is 36.2 Å². The fourth-order valence-corrected chi connectivity index (χ4v) is 4.25. The van der Waals surface area contributed by atoms with Crippen molar-refractivity contribution in [3.05, 3.63) is 65.0 Å². The van der Waals surface area contributed by atoms with E-state index in [1.807, 2.05) is 0 Å². The number of alkyl halides is 3. The fraction of sp³-hybridized carbons (Fsp3) is 0.250. The number of carbonyl (C=O) groups is 1. The average Bonchev–Trinajstić information content (AvgIpc) is 3.06. The van der Waals surface area contributed by atoms with Gasteiger partial charge in [-0.2, -0.15) is 28.2 Å².